The minimum Gasteiger partial charge on any atom is -0.505 e. The number of Topliss-reactive ketones (excluding diaryl/α,β-unsaturated/α-hetero) is 1. The van der Waals surface area contributed by atoms with Crippen LogP contribution >= 0.6 is 0 Å². The molecule has 0 unspecified atom stereocenters. The minimum absolute atomic E-state index is 0.0200. The van der Waals surface area contributed by atoms with Crippen LogP contribution in [-0.4, -0.2) is 69.5 Å². The summed E-state index contributed by atoms with van der Waals surface area (Å²) in [6, 6.07) is 6.21. The maximum atomic E-state index is 13.2. The number of hydrogen-bond acceptors (Lipinski definition) is 7. The number of hydrogen-bond donors (Lipinski definition) is 3. The van der Waals surface area contributed by atoms with Crippen LogP contribution in [0.3, 0.4) is 0 Å². The molecule has 3 N–H and O–H groups in total. The molecule has 2 aromatic rings. The Bertz CT molecular complexity index is 1310. The number of phenolic OH excluding ortho intramolecular Hbond substituents is 1. The van der Waals surface area contributed by atoms with Gasteiger partial charge in [0.15, 0.2) is 5.78 Å². The molecule has 0 atom stereocenters. The molecule has 2 aromatic carbocycles. The molecule has 188 valence electrons. The van der Waals surface area contributed by atoms with Crippen LogP contribution in [0.1, 0.15) is 51.3 Å². The summed E-state index contributed by atoms with van der Waals surface area (Å²) in [4.78, 5) is 27.1. The standard InChI is InChI=1S/C24H30N4O6S/c1-6-14-8-15(9-19(22(14)30)27(4)35(5,32)33)20(29)13-28-12-16-10-21(34-7-2)18(24(31)26-3)11-17(16)23(28)25/h8-11,25,30H,6-7,12-13H2,1-5H3,(H,26,31). The van der Waals surface area contributed by atoms with Crippen molar-refractivity contribution in [3.8, 4) is 11.5 Å². The number of anilines is 1. The molecule has 35 heavy (non-hydrogen) atoms. The van der Waals surface area contributed by atoms with E-state index >= 15 is 0 Å². The van der Waals surface area contributed by atoms with Crippen LogP contribution in [0.15, 0.2) is 24.3 Å². The molecule has 1 amide bonds. The Hall–Kier alpha value is -3.60. The first-order chi connectivity index (χ1) is 16.4. The van der Waals surface area contributed by atoms with E-state index < -0.39 is 10.0 Å². The summed E-state index contributed by atoms with van der Waals surface area (Å²) >= 11 is 0. The highest BCUT2D eigenvalue weighted by Gasteiger charge is 2.30. The van der Waals surface area contributed by atoms with Gasteiger partial charge >= 0.3 is 0 Å². The minimum atomic E-state index is -3.66. The lowest BCUT2D eigenvalue weighted by molar-refractivity contribution is 0.0953. The van der Waals surface area contributed by atoms with Crippen LogP contribution in [0.2, 0.25) is 0 Å². The number of amides is 1. The third kappa shape index (κ3) is 5.09. The molecule has 10 nitrogen and oxygen atoms in total. The van der Waals surface area contributed by atoms with Crippen molar-refractivity contribution in [3.63, 3.8) is 0 Å². The molecule has 3 rings (SSSR count). The molecule has 0 fully saturated rings. The number of ether oxygens (including phenoxy) is 1. The number of phenols is 1. The Balaban J connectivity index is 1.93. The number of carbonyl (C=O) groups is 2. The van der Waals surface area contributed by atoms with Gasteiger partial charge in [-0.15, -0.1) is 0 Å². The van der Waals surface area contributed by atoms with E-state index in [-0.39, 0.29) is 47.6 Å². The third-order valence-electron chi connectivity index (χ3n) is 5.95. The topological polar surface area (TPSA) is 140 Å². The zero-order chi connectivity index (χ0) is 26.1. The van der Waals surface area contributed by atoms with Crippen LogP contribution in [0, 0.1) is 5.41 Å². The quantitative estimate of drug-likeness (QED) is 0.446. The predicted molar refractivity (Wildman–Crippen MR) is 133 cm³/mol. The summed E-state index contributed by atoms with van der Waals surface area (Å²) in [7, 11) is -0.839. The van der Waals surface area contributed by atoms with Gasteiger partial charge in [-0.1, -0.05) is 6.92 Å². The van der Waals surface area contributed by atoms with Crippen molar-refractivity contribution in [2.24, 2.45) is 0 Å². The maximum absolute atomic E-state index is 13.2. The van der Waals surface area contributed by atoms with Gasteiger partial charge < -0.3 is 20.1 Å². The van der Waals surface area contributed by atoms with Crippen molar-refractivity contribution in [2.75, 3.05) is 37.8 Å². The number of sulfonamides is 1. The van der Waals surface area contributed by atoms with E-state index in [0.717, 1.165) is 16.1 Å². The number of nitrogens with one attached hydrogen (secondary N) is 2. The molecule has 0 saturated heterocycles. The zero-order valence-corrected chi connectivity index (χ0v) is 21.2. The summed E-state index contributed by atoms with van der Waals surface area (Å²) < 4.78 is 30.6. The predicted octanol–water partition coefficient (Wildman–Crippen LogP) is 2.13. The summed E-state index contributed by atoms with van der Waals surface area (Å²) in [6.45, 7) is 4.12. The molecule has 1 aliphatic heterocycles. The number of nitrogens with zero attached hydrogens (tertiary/aromatic N) is 2. The van der Waals surface area contributed by atoms with E-state index in [1.165, 1.54) is 20.2 Å². The number of fused-ring (bicyclic) bond motifs is 1. The number of aryl methyl sites for hydroxylation is 1. The fraction of sp³-hybridized carbons (Fsp3) is 0.375. The number of benzene rings is 2. The van der Waals surface area contributed by atoms with Gasteiger partial charge in [0.2, 0.25) is 10.0 Å². The van der Waals surface area contributed by atoms with Crippen LogP contribution < -0.4 is 14.4 Å². The average molecular weight is 503 g/mol. The highest BCUT2D eigenvalue weighted by Crippen LogP contribution is 2.35. The van der Waals surface area contributed by atoms with Crippen molar-refractivity contribution in [3.05, 3.63) is 52.1 Å². The van der Waals surface area contributed by atoms with Crippen LogP contribution in [-0.2, 0) is 23.0 Å². The smallest absolute Gasteiger partial charge is 0.254 e. The summed E-state index contributed by atoms with van der Waals surface area (Å²) in [5, 5.41) is 21.7. The largest absolute Gasteiger partial charge is 0.505 e. The molecule has 0 saturated carbocycles. The van der Waals surface area contributed by atoms with Crippen LogP contribution in [0.4, 0.5) is 5.69 Å². The second-order valence-corrected chi connectivity index (χ2v) is 10.2. The number of rotatable bonds is 9. The zero-order valence-electron chi connectivity index (χ0n) is 20.4. The van der Waals surface area contributed by atoms with Crippen molar-refractivity contribution in [1.29, 1.82) is 5.41 Å². The lowest BCUT2D eigenvalue weighted by atomic mass is 10.0. The van der Waals surface area contributed by atoms with E-state index in [1.54, 1.807) is 30.0 Å². The normalized spacial score (nSPS) is 12.9. The second kappa shape index (κ2) is 9.95. The summed E-state index contributed by atoms with van der Waals surface area (Å²) in [5.74, 6) is -0.353. The Morgan fingerprint density at radius 1 is 1.23 bits per heavy atom. The van der Waals surface area contributed by atoms with Gasteiger partial charge in [-0.05, 0) is 48.7 Å². The van der Waals surface area contributed by atoms with Gasteiger partial charge in [0.25, 0.3) is 5.91 Å². The van der Waals surface area contributed by atoms with Crippen molar-refractivity contribution >= 4 is 33.2 Å². The van der Waals surface area contributed by atoms with Crippen LogP contribution in [0.5, 0.6) is 11.5 Å². The molecular weight excluding hydrogens is 472 g/mol. The van der Waals surface area contributed by atoms with E-state index in [4.69, 9.17) is 10.1 Å². The Kier molecular flexibility index (Phi) is 7.39. The number of aromatic hydroxyl groups is 1. The van der Waals surface area contributed by atoms with Gasteiger partial charge in [0, 0.05) is 31.8 Å². The first kappa shape index (κ1) is 26.0. The second-order valence-electron chi connectivity index (χ2n) is 8.23. The molecule has 11 heteroatoms. The third-order valence-corrected chi connectivity index (χ3v) is 7.14. The van der Waals surface area contributed by atoms with Gasteiger partial charge in [0.05, 0.1) is 30.7 Å². The first-order valence-corrected chi connectivity index (χ1v) is 13.0. The van der Waals surface area contributed by atoms with Gasteiger partial charge in [-0.3, -0.25) is 19.3 Å². The monoisotopic (exact) mass is 502 g/mol. The average Bonchev–Trinajstić information content (AvgIpc) is 3.11. The molecule has 1 aliphatic rings. The van der Waals surface area contributed by atoms with Crippen LogP contribution in [0.25, 0.3) is 0 Å². The lowest BCUT2D eigenvalue weighted by Crippen LogP contribution is -2.30. The lowest BCUT2D eigenvalue weighted by Gasteiger charge is -2.21. The van der Waals surface area contributed by atoms with Crippen molar-refractivity contribution in [1.82, 2.24) is 10.2 Å². The highest BCUT2D eigenvalue weighted by molar-refractivity contribution is 7.92. The number of ketones is 1. The molecule has 0 aromatic heterocycles. The first-order valence-electron chi connectivity index (χ1n) is 11.1. The molecule has 0 aliphatic carbocycles. The van der Waals surface area contributed by atoms with Crippen molar-refractivity contribution in [2.45, 2.75) is 26.8 Å². The van der Waals surface area contributed by atoms with Gasteiger partial charge in [-0.25, -0.2) is 8.42 Å². The molecule has 0 spiro atoms. The van der Waals surface area contributed by atoms with Gasteiger partial charge in [-0.2, -0.15) is 0 Å². The number of amidine groups is 1. The molecule has 0 bridgehead atoms. The maximum Gasteiger partial charge on any atom is 0.254 e. The highest BCUT2D eigenvalue weighted by atomic mass is 32.2. The van der Waals surface area contributed by atoms with Crippen molar-refractivity contribution < 1.29 is 27.9 Å². The van der Waals surface area contributed by atoms with E-state index in [1.807, 2.05) is 6.92 Å². The summed E-state index contributed by atoms with van der Waals surface area (Å²) in [5.41, 5.74) is 2.30. The molecular formula is C24H30N4O6S. The Morgan fingerprint density at radius 2 is 1.91 bits per heavy atom. The Labute approximate surface area is 205 Å². The van der Waals surface area contributed by atoms with E-state index in [9.17, 15) is 23.1 Å². The van der Waals surface area contributed by atoms with Gasteiger partial charge in [0.1, 0.15) is 17.3 Å². The molecule has 1 heterocycles. The summed E-state index contributed by atoms with van der Waals surface area (Å²) in [6.07, 6.45) is 1.41. The SMILES string of the molecule is CCOc1cc2c(cc1C(=O)NC)C(=N)N(CC(=O)c1cc(CC)c(O)c(N(C)S(C)(=O)=O)c1)C2. The number of carbonyl (C=O) groups excluding carboxylic acids is 2. The fourth-order valence-electron chi connectivity index (χ4n) is 3.94. The van der Waals surface area contributed by atoms with E-state index in [0.29, 0.717) is 35.5 Å². The fourth-order valence-corrected chi connectivity index (χ4v) is 4.44. The Morgan fingerprint density at radius 3 is 2.49 bits per heavy atom. The molecule has 0 radical (unpaired) electrons. The van der Waals surface area contributed by atoms with E-state index in [2.05, 4.69) is 5.32 Å².